The van der Waals surface area contributed by atoms with Gasteiger partial charge in [0.25, 0.3) is 20.0 Å². The Morgan fingerprint density at radius 1 is 0.581 bits per heavy atom. The SMILES string of the molecule is CC(=O)Nc1nc(C)c(S(=O)(=O)Nc2ccccc2OCCOc2ccc(C(=O)O)cc2)s1.O=C(O)c1ccc(OCCOc2ccccc2NS(=O)(=O)c2ccccc2)cc1. The number of carboxylic acid groups (broad SMARTS) is 2. The Hall–Kier alpha value is -7.16. The van der Waals surface area contributed by atoms with Crippen molar-refractivity contribution in [2.75, 3.05) is 41.2 Å². The van der Waals surface area contributed by atoms with Crippen LogP contribution >= 0.6 is 11.3 Å². The minimum Gasteiger partial charge on any atom is -0.490 e. The third-order valence-corrected chi connectivity index (χ3v) is 12.4. The van der Waals surface area contributed by atoms with E-state index in [2.05, 4.69) is 19.7 Å². The number of benzene rings is 5. The number of aromatic carboxylic acids is 2. The molecule has 0 spiro atoms. The summed E-state index contributed by atoms with van der Waals surface area (Å²) in [6, 6.07) is 33.3. The molecule has 0 bridgehead atoms. The quantitative estimate of drug-likeness (QED) is 0.0514. The van der Waals surface area contributed by atoms with Crippen molar-refractivity contribution in [2.45, 2.75) is 23.0 Å². The molecule has 62 heavy (non-hydrogen) atoms. The number of amides is 1. The number of hydrogen-bond donors (Lipinski definition) is 5. The molecule has 5 aromatic carbocycles. The molecule has 17 nitrogen and oxygen atoms in total. The summed E-state index contributed by atoms with van der Waals surface area (Å²) in [7, 11) is -7.70. The van der Waals surface area contributed by atoms with Crippen LogP contribution in [-0.4, -0.2) is 76.3 Å². The van der Waals surface area contributed by atoms with Gasteiger partial charge in [-0.2, -0.15) is 0 Å². The van der Waals surface area contributed by atoms with Crippen molar-refractivity contribution in [1.29, 1.82) is 0 Å². The largest absolute Gasteiger partial charge is 0.490 e. The minimum atomic E-state index is -3.97. The summed E-state index contributed by atoms with van der Waals surface area (Å²) in [4.78, 5) is 37.2. The number of rotatable bonds is 19. The number of thiazole rings is 1. The molecule has 1 aromatic heterocycles. The van der Waals surface area contributed by atoms with Gasteiger partial charge in [-0.05, 0) is 91.9 Å². The van der Waals surface area contributed by atoms with Gasteiger partial charge in [0.05, 0.1) is 33.1 Å². The number of aromatic nitrogens is 1. The van der Waals surface area contributed by atoms with Gasteiger partial charge < -0.3 is 34.5 Å². The second-order valence-electron chi connectivity index (χ2n) is 12.6. The molecule has 1 amide bonds. The fraction of sp³-hybridized carbons (Fsp3) is 0.143. The minimum absolute atomic E-state index is 0.0193. The van der Waals surface area contributed by atoms with Crippen molar-refractivity contribution in [3.05, 3.63) is 144 Å². The molecule has 6 aromatic rings. The van der Waals surface area contributed by atoms with Crippen LogP contribution in [0.5, 0.6) is 23.0 Å². The van der Waals surface area contributed by atoms with Gasteiger partial charge in [-0.1, -0.05) is 53.8 Å². The number of anilines is 3. The molecule has 20 heteroatoms. The number of ether oxygens (including phenoxy) is 4. The number of sulfonamides is 2. The average Bonchev–Trinajstić information content (AvgIpc) is 3.62. The summed E-state index contributed by atoms with van der Waals surface area (Å²) in [5.41, 5.74) is 1.14. The maximum absolute atomic E-state index is 12.9. The molecule has 0 atom stereocenters. The molecule has 5 N–H and O–H groups in total. The van der Waals surface area contributed by atoms with E-state index in [1.807, 2.05) is 0 Å². The van der Waals surface area contributed by atoms with Crippen LogP contribution in [0.2, 0.25) is 0 Å². The third-order valence-electron chi connectivity index (χ3n) is 8.02. The summed E-state index contributed by atoms with van der Waals surface area (Å²) in [5, 5.41) is 20.5. The van der Waals surface area contributed by atoms with Crippen molar-refractivity contribution >= 4 is 65.7 Å². The highest BCUT2D eigenvalue weighted by Gasteiger charge is 2.24. The molecule has 0 aliphatic carbocycles. The first kappa shape index (κ1) is 45.9. The van der Waals surface area contributed by atoms with E-state index in [9.17, 15) is 31.2 Å². The maximum atomic E-state index is 12.9. The number of para-hydroxylation sites is 4. The fourth-order valence-electron chi connectivity index (χ4n) is 5.19. The maximum Gasteiger partial charge on any atom is 0.335 e. The standard InChI is InChI=1S/C21H21N3O7S2.C21H19NO6S/c1-13-20(32-21(22-13)23-14(2)25)33(28,29)24-17-5-3-4-6-18(17)31-12-11-30-16-9-7-15(8-10-16)19(26)27;23-21(24)16-10-12-17(13-11-16)27-14-15-28-20-9-5-4-8-19(20)22-29(25,26)18-6-2-1-3-7-18/h3-10,24H,11-12H2,1-2H3,(H,26,27)(H,22,23,25);1-13,22H,14-15H2,(H,23,24). The normalized spacial score (nSPS) is 10.9. The van der Waals surface area contributed by atoms with E-state index in [0.29, 0.717) is 28.7 Å². The molecule has 0 saturated carbocycles. The fourth-order valence-corrected chi connectivity index (χ4v) is 8.82. The number of aryl methyl sites for hydroxylation is 1. The number of carboxylic acids is 2. The van der Waals surface area contributed by atoms with Crippen molar-refractivity contribution in [3.8, 4) is 23.0 Å². The summed E-state index contributed by atoms with van der Waals surface area (Å²) in [6.45, 7) is 3.49. The van der Waals surface area contributed by atoms with Crippen molar-refractivity contribution in [3.63, 3.8) is 0 Å². The van der Waals surface area contributed by atoms with E-state index < -0.39 is 32.0 Å². The van der Waals surface area contributed by atoms with Gasteiger partial charge in [-0.25, -0.2) is 31.4 Å². The molecule has 0 aliphatic rings. The van der Waals surface area contributed by atoms with Gasteiger partial charge in [-0.3, -0.25) is 14.2 Å². The predicted octanol–water partition coefficient (Wildman–Crippen LogP) is 7.01. The summed E-state index contributed by atoms with van der Waals surface area (Å²) >= 11 is 0.851. The number of carbonyl (C=O) groups is 3. The van der Waals surface area contributed by atoms with Gasteiger partial charge in [0.15, 0.2) is 9.34 Å². The summed E-state index contributed by atoms with van der Waals surface area (Å²) in [5.74, 6) is -0.713. The molecule has 0 saturated heterocycles. The number of nitrogens with one attached hydrogen (secondary N) is 3. The highest BCUT2D eigenvalue weighted by Crippen LogP contribution is 2.32. The van der Waals surface area contributed by atoms with Crippen LogP contribution in [0.1, 0.15) is 33.3 Å². The highest BCUT2D eigenvalue weighted by molar-refractivity contribution is 7.94. The lowest BCUT2D eigenvalue weighted by molar-refractivity contribution is -0.114. The van der Waals surface area contributed by atoms with Gasteiger partial charge in [0.2, 0.25) is 5.91 Å². The molecular weight excluding hydrogens is 865 g/mol. The Morgan fingerprint density at radius 3 is 1.45 bits per heavy atom. The van der Waals surface area contributed by atoms with Crippen LogP contribution in [0.15, 0.2) is 136 Å². The zero-order valence-corrected chi connectivity index (χ0v) is 35.5. The smallest absolute Gasteiger partial charge is 0.335 e. The lowest BCUT2D eigenvalue weighted by atomic mass is 10.2. The summed E-state index contributed by atoms with van der Waals surface area (Å²) < 4.78 is 78.2. The van der Waals surface area contributed by atoms with Crippen LogP contribution in [0.3, 0.4) is 0 Å². The topological polar surface area (TPSA) is 246 Å². The molecule has 0 fully saturated rings. The Labute approximate surface area is 361 Å². The van der Waals surface area contributed by atoms with E-state index in [4.69, 9.17) is 29.2 Å². The lowest BCUT2D eigenvalue weighted by Gasteiger charge is -2.14. The Kier molecular flexibility index (Phi) is 15.8. The monoisotopic (exact) mass is 904 g/mol. The predicted molar refractivity (Wildman–Crippen MR) is 231 cm³/mol. The van der Waals surface area contributed by atoms with E-state index in [1.54, 1.807) is 85.8 Å². The van der Waals surface area contributed by atoms with Gasteiger partial charge >= 0.3 is 11.9 Å². The molecule has 1 heterocycles. The zero-order valence-electron chi connectivity index (χ0n) is 33.0. The highest BCUT2D eigenvalue weighted by atomic mass is 32.2. The molecule has 6 rings (SSSR count). The first-order chi connectivity index (χ1) is 29.6. The average molecular weight is 905 g/mol. The van der Waals surface area contributed by atoms with Crippen LogP contribution < -0.4 is 33.7 Å². The number of carbonyl (C=O) groups excluding carboxylic acids is 1. The molecule has 324 valence electrons. The van der Waals surface area contributed by atoms with Crippen LogP contribution in [0.4, 0.5) is 16.5 Å². The third kappa shape index (κ3) is 13.4. The zero-order chi connectivity index (χ0) is 44.7. The number of hydrogen-bond acceptors (Lipinski definition) is 13. The van der Waals surface area contributed by atoms with Crippen LogP contribution in [0, 0.1) is 6.92 Å². The molecule has 0 aliphatic heterocycles. The van der Waals surface area contributed by atoms with Gasteiger partial charge in [-0.15, -0.1) is 0 Å². The van der Waals surface area contributed by atoms with Crippen molar-refractivity contribution < 1.29 is 60.4 Å². The van der Waals surface area contributed by atoms with Gasteiger partial charge in [0, 0.05) is 6.92 Å². The van der Waals surface area contributed by atoms with E-state index in [0.717, 1.165) is 11.3 Å². The summed E-state index contributed by atoms with van der Waals surface area (Å²) in [6.07, 6.45) is 0. The van der Waals surface area contributed by atoms with E-state index in [-0.39, 0.29) is 69.1 Å². The Bertz CT molecular complexity index is 2690. The Balaban J connectivity index is 0.000000236. The second kappa shape index (κ2) is 21.4. The van der Waals surface area contributed by atoms with Crippen molar-refractivity contribution in [1.82, 2.24) is 4.98 Å². The number of nitrogens with zero attached hydrogens (tertiary/aromatic N) is 1. The molecular formula is C42H40N4O13S3. The molecule has 0 radical (unpaired) electrons. The van der Waals surface area contributed by atoms with E-state index >= 15 is 0 Å². The lowest BCUT2D eigenvalue weighted by Crippen LogP contribution is -2.15. The first-order valence-electron chi connectivity index (χ1n) is 18.3. The van der Waals surface area contributed by atoms with Crippen molar-refractivity contribution in [2.24, 2.45) is 0 Å². The first-order valence-corrected chi connectivity index (χ1v) is 22.1. The van der Waals surface area contributed by atoms with Gasteiger partial charge in [0.1, 0.15) is 49.4 Å². The van der Waals surface area contributed by atoms with Crippen LogP contribution in [0.25, 0.3) is 0 Å². The second-order valence-corrected chi connectivity index (χ2v) is 17.2. The van der Waals surface area contributed by atoms with E-state index in [1.165, 1.54) is 55.5 Å². The Morgan fingerprint density at radius 2 is 1.00 bits per heavy atom. The van der Waals surface area contributed by atoms with Crippen LogP contribution in [-0.2, 0) is 24.8 Å². The molecule has 0 unspecified atom stereocenters.